The predicted octanol–water partition coefficient (Wildman–Crippen LogP) is 3.79. The molecular weight excluding hydrogens is 274 g/mol. The Morgan fingerprint density at radius 2 is 1.55 bits per heavy atom. The molecule has 0 aromatic heterocycles. The first kappa shape index (κ1) is 16.2. The Balaban J connectivity index is 2.12. The second-order valence-electron chi connectivity index (χ2n) is 5.96. The van der Waals surface area contributed by atoms with E-state index in [0.717, 1.165) is 12.0 Å². The number of nitrogens with two attached hydrogens (primary N) is 1. The van der Waals surface area contributed by atoms with Gasteiger partial charge in [-0.3, -0.25) is 0 Å². The highest BCUT2D eigenvalue weighted by Crippen LogP contribution is 2.23. The van der Waals surface area contributed by atoms with Gasteiger partial charge >= 0.3 is 5.97 Å². The average molecular weight is 297 g/mol. The second kappa shape index (κ2) is 7.23. The van der Waals surface area contributed by atoms with Gasteiger partial charge in [-0.25, -0.2) is 4.79 Å². The minimum atomic E-state index is -0.897. The van der Waals surface area contributed by atoms with Gasteiger partial charge in [-0.05, 0) is 47.7 Å². The number of hydrogen-bond acceptors (Lipinski definition) is 2. The van der Waals surface area contributed by atoms with Gasteiger partial charge in [-0.2, -0.15) is 0 Å². The van der Waals surface area contributed by atoms with Crippen LogP contribution in [0.4, 0.5) is 0 Å². The molecule has 0 spiro atoms. The van der Waals surface area contributed by atoms with Gasteiger partial charge in [0.1, 0.15) is 0 Å². The van der Waals surface area contributed by atoms with E-state index in [4.69, 9.17) is 10.8 Å². The number of carbonyl (C=O) groups is 1. The van der Waals surface area contributed by atoms with E-state index in [-0.39, 0.29) is 5.92 Å². The van der Waals surface area contributed by atoms with Crippen molar-refractivity contribution < 1.29 is 9.90 Å². The molecule has 0 aliphatic heterocycles. The summed E-state index contributed by atoms with van der Waals surface area (Å²) in [6.45, 7) is 4.93. The molecule has 0 saturated heterocycles. The topological polar surface area (TPSA) is 63.3 Å². The van der Waals surface area contributed by atoms with Crippen molar-refractivity contribution in [3.8, 4) is 0 Å². The predicted molar refractivity (Wildman–Crippen MR) is 89.4 cm³/mol. The summed E-state index contributed by atoms with van der Waals surface area (Å²) in [4.78, 5) is 10.9. The minimum absolute atomic E-state index is 0.247. The van der Waals surface area contributed by atoms with E-state index >= 15 is 0 Å². The van der Waals surface area contributed by atoms with Crippen LogP contribution in [0.2, 0.25) is 0 Å². The number of aromatic carboxylic acids is 1. The third kappa shape index (κ3) is 3.95. The summed E-state index contributed by atoms with van der Waals surface area (Å²) in [7, 11) is 0. The van der Waals surface area contributed by atoms with E-state index in [2.05, 4.69) is 38.1 Å². The smallest absolute Gasteiger partial charge is 0.335 e. The first-order valence-electron chi connectivity index (χ1n) is 7.63. The number of hydrogen-bond donors (Lipinski definition) is 2. The van der Waals surface area contributed by atoms with E-state index in [0.29, 0.717) is 18.0 Å². The third-order valence-corrected chi connectivity index (χ3v) is 4.04. The summed E-state index contributed by atoms with van der Waals surface area (Å²) in [5.41, 5.74) is 9.91. The van der Waals surface area contributed by atoms with Crippen molar-refractivity contribution in [3.63, 3.8) is 0 Å². The highest BCUT2D eigenvalue weighted by molar-refractivity contribution is 5.87. The lowest BCUT2D eigenvalue weighted by Gasteiger charge is -2.16. The number of carboxylic acids is 1. The lowest BCUT2D eigenvalue weighted by molar-refractivity contribution is 0.0697. The van der Waals surface area contributed by atoms with Crippen LogP contribution in [-0.2, 0) is 6.42 Å². The highest BCUT2D eigenvalue weighted by atomic mass is 16.4. The van der Waals surface area contributed by atoms with Crippen molar-refractivity contribution in [3.05, 3.63) is 70.8 Å². The maximum atomic E-state index is 10.9. The SMILES string of the molecule is CC(C)c1ccc(C(CN)Cc2ccc(C(=O)O)cc2)cc1. The molecule has 2 aromatic carbocycles. The van der Waals surface area contributed by atoms with Gasteiger partial charge < -0.3 is 10.8 Å². The molecular formula is C19H23NO2. The Kier molecular flexibility index (Phi) is 5.34. The second-order valence-corrected chi connectivity index (χ2v) is 5.96. The maximum Gasteiger partial charge on any atom is 0.335 e. The number of benzene rings is 2. The van der Waals surface area contributed by atoms with E-state index in [1.165, 1.54) is 11.1 Å². The van der Waals surface area contributed by atoms with E-state index in [1.807, 2.05) is 12.1 Å². The molecule has 0 amide bonds. The first-order chi connectivity index (χ1) is 10.5. The van der Waals surface area contributed by atoms with Gasteiger partial charge in [0.25, 0.3) is 0 Å². The molecule has 2 aromatic rings. The Morgan fingerprint density at radius 3 is 2.00 bits per heavy atom. The molecule has 22 heavy (non-hydrogen) atoms. The fourth-order valence-corrected chi connectivity index (χ4v) is 2.56. The molecule has 0 heterocycles. The molecule has 3 heteroatoms. The molecule has 1 atom stereocenters. The van der Waals surface area contributed by atoms with E-state index in [9.17, 15) is 4.79 Å². The van der Waals surface area contributed by atoms with Gasteiger partial charge in [0.2, 0.25) is 0 Å². The normalized spacial score (nSPS) is 12.4. The fourth-order valence-electron chi connectivity index (χ4n) is 2.56. The quantitative estimate of drug-likeness (QED) is 0.852. The van der Waals surface area contributed by atoms with Gasteiger partial charge in [-0.15, -0.1) is 0 Å². The van der Waals surface area contributed by atoms with Gasteiger partial charge in [-0.1, -0.05) is 50.2 Å². The molecule has 2 rings (SSSR count). The van der Waals surface area contributed by atoms with Crippen molar-refractivity contribution in [2.24, 2.45) is 5.73 Å². The zero-order chi connectivity index (χ0) is 16.1. The molecule has 3 nitrogen and oxygen atoms in total. The lowest BCUT2D eigenvalue weighted by atomic mass is 9.90. The first-order valence-corrected chi connectivity index (χ1v) is 7.63. The van der Waals surface area contributed by atoms with Crippen molar-refractivity contribution in [2.45, 2.75) is 32.1 Å². The van der Waals surface area contributed by atoms with Crippen LogP contribution >= 0.6 is 0 Å². The van der Waals surface area contributed by atoms with Gasteiger partial charge in [0.15, 0.2) is 0 Å². The molecule has 0 fully saturated rings. The van der Waals surface area contributed by atoms with Gasteiger partial charge in [0.05, 0.1) is 5.56 Å². The lowest BCUT2D eigenvalue weighted by Crippen LogP contribution is -2.15. The summed E-state index contributed by atoms with van der Waals surface area (Å²) >= 11 is 0. The maximum absolute atomic E-state index is 10.9. The third-order valence-electron chi connectivity index (χ3n) is 4.04. The standard InChI is InChI=1S/C19H23NO2/c1-13(2)15-7-9-16(10-8-15)18(12-20)11-14-3-5-17(6-4-14)19(21)22/h3-10,13,18H,11-12,20H2,1-2H3,(H,21,22). The Morgan fingerprint density at radius 1 is 1.00 bits per heavy atom. The Labute approximate surface area is 131 Å². The molecule has 3 N–H and O–H groups in total. The molecule has 0 aliphatic rings. The van der Waals surface area contributed by atoms with E-state index < -0.39 is 5.97 Å². The number of rotatable bonds is 6. The van der Waals surface area contributed by atoms with Crippen LogP contribution in [0.25, 0.3) is 0 Å². The van der Waals surface area contributed by atoms with Crippen LogP contribution in [0.5, 0.6) is 0 Å². The number of carboxylic acid groups (broad SMARTS) is 1. The summed E-state index contributed by atoms with van der Waals surface area (Å²) in [6.07, 6.45) is 0.817. The summed E-state index contributed by atoms with van der Waals surface area (Å²) in [5, 5.41) is 8.93. The van der Waals surface area contributed by atoms with Crippen molar-refractivity contribution in [2.75, 3.05) is 6.54 Å². The zero-order valence-corrected chi connectivity index (χ0v) is 13.1. The van der Waals surface area contributed by atoms with Crippen LogP contribution in [0.15, 0.2) is 48.5 Å². The largest absolute Gasteiger partial charge is 0.478 e. The van der Waals surface area contributed by atoms with Gasteiger partial charge in [0, 0.05) is 5.92 Å². The zero-order valence-electron chi connectivity index (χ0n) is 13.1. The van der Waals surface area contributed by atoms with Crippen LogP contribution in [-0.4, -0.2) is 17.6 Å². The van der Waals surface area contributed by atoms with Crippen LogP contribution < -0.4 is 5.73 Å². The summed E-state index contributed by atoms with van der Waals surface area (Å²) in [5.74, 6) is -0.128. The van der Waals surface area contributed by atoms with Crippen molar-refractivity contribution in [1.29, 1.82) is 0 Å². The molecule has 1 unspecified atom stereocenters. The van der Waals surface area contributed by atoms with Crippen LogP contribution in [0, 0.1) is 0 Å². The molecule has 0 aliphatic carbocycles. The minimum Gasteiger partial charge on any atom is -0.478 e. The summed E-state index contributed by atoms with van der Waals surface area (Å²) in [6, 6.07) is 15.7. The molecule has 0 radical (unpaired) electrons. The van der Waals surface area contributed by atoms with Crippen LogP contribution in [0.3, 0.4) is 0 Å². The molecule has 0 saturated carbocycles. The highest BCUT2D eigenvalue weighted by Gasteiger charge is 2.12. The Hall–Kier alpha value is -2.13. The summed E-state index contributed by atoms with van der Waals surface area (Å²) < 4.78 is 0. The average Bonchev–Trinajstić information content (AvgIpc) is 2.53. The van der Waals surface area contributed by atoms with Crippen molar-refractivity contribution >= 4 is 5.97 Å². The van der Waals surface area contributed by atoms with Crippen LogP contribution in [0.1, 0.15) is 52.7 Å². The fraction of sp³-hybridized carbons (Fsp3) is 0.316. The Bertz CT molecular complexity index is 615. The molecule has 116 valence electrons. The van der Waals surface area contributed by atoms with Crippen molar-refractivity contribution in [1.82, 2.24) is 0 Å². The van der Waals surface area contributed by atoms with E-state index in [1.54, 1.807) is 12.1 Å². The monoisotopic (exact) mass is 297 g/mol. The molecule has 0 bridgehead atoms.